The molecule has 0 fully saturated rings. The zero-order chi connectivity index (χ0) is 16.2. The van der Waals surface area contributed by atoms with Crippen LogP contribution in [0.4, 0.5) is 4.39 Å². The second-order valence-corrected chi connectivity index (χ2v) is 5.46. The van der Waals surface area contributed by atoms with Crippen molar-refractivity contribution in [3.63, 3.8) is 0 Å². The first-order chi connectivity index (χ1) is 11.1. The number of rotatable bonds is 4. The normalized spacial score (nSPS) is 11.3. The molecule has 7 heteroatoms. The third-order valence-electron chi connectivity index (χ3n) is 2.96. The molecule has 3 aromatic rings. The fourth-order valence-electron chi connectivity index (χ4n) is 1.91. The molecular formula is C16H10Cl2FN3O. The van der Waals surface area contributed by atoms with E-state index in [1.54, 1.807) is 30.4 Å². The molecule has 2 aromatic heterocycles. The Balaban J connectivity index is 1.73. The van der Waals surface area contributed by atoms with Gasteiger partial charge in [-0.2, -0.15) is 0 Å². The van der Waals surface area contributed by atoms with Crippen LogP contribution < -0.4 is 0 Å². The third-order valence-corrected chi connectivity index (χ3v) is 3.49. The number of hydrogen-bond donors (Lipinski definition) is 0. The molecular weight excluding hydrogens is 340 g/mol. The third kappa shape index (κ3) is 4.15. The first kappa shape index (κ1) is 15.6. The van der Waals surface area contributed by atoms with Crippen LogP contribution in [0.15, 0.2) is 40.8 Å². The Morgan fingerprint density at radius 3 is 2.74 bits per heavy atom. The second kappa shape index (κ2) is 6.89. The summed E-state index contributed by atoms with van der Waals surface area (Å²) in [7, 11) is 0. The summed E-state index contributed by atoms with van der Waals surface area (Å²) in [6.07, 6.45) is 3.68. The van der Waals surface area contributed by atoms with Crippen LogP contribution in [0.1, 0.15) is 23.0 Å². The zero-order valence-electron chi connectivity index (χ0n) is 11.7. The van der Waals surface area contributed by atoms with E-state index >= 15 is 0 Å². The molecule has 0 radical (unpaired) electrons. The predicted molar refractivity (Wildman–Crippen MR) is 86.7 cm³/mol. The molecule has 0 aliphatic rings. The molecule has 0 saturated heterocycles. The topological polar surface area (TPSA) is 51.8 Å². The molecule has 0 saturated carbocycles. The molecule has 4 nitrogen and oxygen atoms in total. The van der Waals surface area contributed by atoms with Crippen LogP contribution in [-0.4, -0.2) is 15.2 Å². The van der Waals surface area contributed by atoms with Gasteiger partial charge in [0.2, 0.25) is 11.8 Å². The van der Waals surface area contributed by atoms with E-state index in [0.717, 1.165) is 5.69 Å². The standard InChI is InChI=1S/C16H10Cl2FN3O/c17-13-8-11(19)6-4-10(13)5-7-15-21-22-16(23-15)9-12-2-1-3-14(18)20-12/h1-8H,9H2. The van der Waals surface area contributed by atoms with Crippen LogP contribution in [0, 0.1) is 5.82 Å². The molecule has 1 aromatic carbocycles. The van der Waals surface area contributed by atoms with Crippen molar-refractivity contribution in [3.8, 4) is 0 Å². The molecule has 0 bridgehead atoms. The molecule has 23 heavy (non-hydrogen) atoms. The summed E-state index contributed by atoms with van der Waals surface area (Å²) in [6, 6.07) is 9.46. The average Bonchev–Trinajstić information content (AvgIpc) is 2.94. The van der Waals surface area contributed by atoms with Gasteiger partial charge >= 0.3 is 0 Å². The van der Waals surface area contributed by atoms with E-state index in [-0.39, 0.29) is 5.82 Å². The Kier molecular flexibility index (Phi) is 4.69. The average molecular weight is 350 g/mol. The number of hydrogen-bond acceptors (Lipinski definition) is 4. The maximum Gasteiger partial charge on any atom is 0.240 e. The van der Waals surface area contributed by atoms with Crippen molar-refractivity contribution in [2.45, 2.75) is 6.42 Å². The minimum absolute atomic E-state index is 0.309. The van der Waals surface area contributed by atoms with Crippen molar-refractivity contribution in [1.82, 2.24) is 15.2 Å². The maximum absolute atomic E-state index is 13.0. The highest BCUT2D eigenvalue weighted by Gasteiger charge is 2.07. The van der Waals surface area contributed by atoms with E-state index in [4.69, 9.17) is 27.6 Å². The smallest absolute Gasteiger partial charge is 0.240 e. The molecule has 0 N–H and O–H groups in total. The molecule has 0 amide bonds. The van der Waals surface area contributed by atoms with Crippen LogP contribution in [0.3, 0.4) is 0 Å². The Labute approximate surface area is 141 Å². The zero-order valence-corrected chi connectivity index (χ0v) is 13.2. The number of nitrogens with zero attached hydrogens (tertiary/aromatic N) is 3. The lowest BCUT2D eigenvalue weighted by molar-refractivity contribution is 0.495. The lowest BCUT2D eigenvalue weighted by Crippen LogP contribution is -1.92. The summed E-state index contributed by atoms with van der Waals surface area (Å²) >= 11 is 11.8. The van der Waals surface area contributed by atoms with Gasteiger partial charge in [-0.25, -0.2) is 9.37 Å². The number of benzene rings is 1. The van der Waals surface area contributed by atoms with E-state index < -0.39 is 0 Å². The Morgan fingerprint density at radius 1 is 1.09 bits per heavy atom. The Hall–Kier alpha value is -2.24. The molecule has 2 heterocycles. The van der Waals surface area contributed by atoms with Gasteiger partial charge in [0.1, 0.15) is 11.0 Å². The fraction of sp³-hybridized carbons (Fsp3) is 0.0625. The molecule has 0 aliphatic carbocycles. The van der Waals surface area contributed by atoms with E-state index in [0.29, 0.717) is 33.9 Å². The van der Waals surface area contributed by atoms with Gasteiger partial charge in [-0.15, -0.1) is 10.2 Å². The second-order valence-electron chi connectivity index (χ2n) is 4.66. The maximum atomic E-state index is 13.0. The summed E-state index contributed by atoms with van der Waals surface area (Å²) in [5, 5.41) is 8.58. The SMILES string of the molecule is Fc1ccc(C=Cc2nnc(Cc3cccc(Cl)n3)o2)c(Cl)c1. The summed E-state index contributed by atoms with van der Waals surface area (Å²) < 4.78 is 18.5. The van der Waals surface area contributed by atoms with Crippen molar-refractivity contribution >= 4 is 35.4 Å². The van der Waals surface area contributed by atoms with Crippen LogP contribution >= 0.6 is 23.2 Å². The monoisotopic (exact) mass is 349 g/mol. The van der Waals surface area contributed by atoms with Gasteiger partial charge in [-0.05, 0) is 35.9 Å². The van der Waals surface area contributed by atoms with E-state index in [2.05, 4.69) is 15.2 Å². The quantitative estimate of drug-likeness (QED) is 0.642. The predicted octanol–water partition coefficient (Wildman–Crippen LogP) is 4.67. The molecule has 3 rings (SSSR count). The largest absolute Gasteiger partial charge is 0.421 e. The first-order valence-corrected chi connectivity index (χ1v) is 7.43. The molecule has 116 valence electrons. The highest BCUT2D eigenvalue weighted by Crippen LogP contribution is 2.19. The van der Waals surface area contributed by atoms with Crippen molar-refractivity contribution in [3.05, 3.63) is 75.4 Å². The van der Waals surface area contributed by atoms with Gasteiger partial charge < -0.3 is 4.42 Å². The van der Waals surface area contributed by atoms with Crippen molar-refractivity contribution < 1.29 is 8.81 Å². The highest BCUT2D eigenvalue weighted by atomic mass is 35.5. The molecule has 0 atom stereocenters. The first-order valence-electron chi connectivity index (χ1n) is 6.67. The molecule has 0 spiro atoms. The summed E-state index contributed by atoms with van der Waals surface area (Å²) in [5.41, 5.74) is 1.39. The van der Waals surface area contributed by atoms with Gasteiger partial charge in [0.15, 0.2) is 0 Å². The summed E-state index contributed by atoms with van der Waals surface area (Å²) in [5.74, 6) is 0.355. The van der Waals surface area contributed by atoms with Crippen LogP contribution in [-0.2, 0) is 6.42 Å². The molecule has 0 aliphatic heterocycles. The van der Waals surface area contributed by atoms with Gasteiger partial charge in [-0.3, -0.25) is 0 Å². The number of aromatic nitrogens is 3. The van der Waals surface area contributed by atoms with Crippen molar-refractivity contribution in [1.29, 1.82) is 0 Å². The summed E-state index contributed by atoms with van der Waals surface area (Å²) in [6.45, 7) is 0. The lowest BCUT2D eigenvalue weighted by atomic mass is 10.2. The molecule has 0 unspecified atom stereocenters. The van der Waals surface area contributed by atoms with Gasteiger partial charge in [-0.1, -0.05) is 35.3 Å². The van der Waals surface area contributed by atoms with E-state index in [1.807, 2.05) is 6.07 Å². The van der Waals surface area contributed by atoms with Gasteiger partial charge in [0, 0.05) is 6.08 Å². The van der Waals surface area contributed by atoms with E-state index in [1.165, 1.54) is 12.1 Å². The van der Waals surface area contributed by atoms with Gasteiger partial charge in [0.25, 0.3) is 0 Å². The Morgan fingerprint density at radius 2 is 1.96 bits per heavy atom. The van der Waals surface area contributed by atoms with Crippen molar-refractivity contribution in [2.75, 3.05) is 0 Å². The highest BCUT2D eigenvalue weighted by molar-refractivity contribution is 6.32. The number of pyridine rings is 1. The minimum Gasteiger partial charge on any atom is -0.421 e. The van der Waals surface area contributed by atoms with Crippen LogP contribution in [0.25, 0.3) is 12.2 Å². The van der Waals surface area contributed by atoms with Gasteiger partial charge in [0.05, 0.1) is 17.1 Å². The minimum atomic E-state index is -0.388. The van der Waals surface area contributed by atoms with Crippen LogP contribution in [0.2, 0.25) is 10.2 Å². The van der Waals surface area contributed by atoms with Crippen LogP contribution in [0.5, 0.6) is 0 Å². The summed E-state index contributed by atoms with van der Waals surface area (Å²) in [4.78, 5) is 4.16. The van der Waals surface area contributed by atoms with Crippen molar-refractivity contribution in [2.24, 2.45) is 0 Å². The Bertz CT molecular complexity index is 864. The van der Waals surface area contributed by atoms with E-state index in [9.17, 15) is 4.39 Å². The fourth-order valence-corrected chi connectivity index (χ4v) is 2.32. The number of halogens is 3. The lowest BCUT2D eigenvalue weighted by Gasteiger charge is -1.97.